The molecule has 2 aromatic carbocycles. The van der Waals surface area contributed by atoms with Crippen LogP contribution in [0.3, 0.4) is 0 Å². The molecular weight excluding hydrogens is 470 g/mol. The van der Waals surface area contributed by atoms with Gasteiger partial charge in [0.1, 0.15) is 19.3 Å². The number of rotatable bonds is 9. The smallest absolute Gasteiger partial charge is 0.324 e. The van der Waals surface area contributed by atoms with Crippen molar-refractivity contribution in [2.45, 2.75) is 24.8 Å². The Labute approximate surface area is 195 Å². The normalized spacial score (nSPS) is 13.7. The molecule has 34 heavy (non-hydrogen) atoms. The maximum absolute atomic E-state index is 12.8. The van der Waals surface area contributed by atoms with Crippen LogP contribution in [-0.4, -0.2) is 51.1 Å². The van der Waals surface area contributed by atoms with Gasteiger partial charge in [-0.3, -0.25) is 19.7 Å². The lowest BCUT2D eigenvalue weighted by molar-refractivity contribution is -0.384. The number of sulfonamides is 1. The monoisotopic (exact) mass is 493 g/mol. The first-order chi connectivity index (χ1) is 16.1. The molecule has 0 saturated heterocycles. The molecule has 0 spiro atoms. The molecule has 0 radical (unpaired) electrons. The molecular formula is C21H23N3O9S. The van der Waals surface area contributed by atoms with E-state index in [1.165, 1.54) is 42.5 Å². The zero-order chi connectivity index (χ0) is 24.9. The summed E-state index contributed by atoms with van der Waals surface area (Å²) in [7, 11) is -4.12. The highest BCUT2D eigenvalue weighted by molar-refractivity contribution is 7.89. The molecule has 13 heteroatoms. The molecule has 182 valence electrons. The van der Waals surface area contributed by atoms with Gasteiger partial charge in [-0.05, 0) is 30.2 Å². The van der Waals surface area contributed by atoms with Crippen molar-refractivity contribution >= 4 is 33.3 Å². The van der Waals surface area contributed by atoms with Gasteiger partial charge in [-0.25, -0.2) is 8.42 Å². The molecule has 1 aliphatic rings. The number of amides is 1. The van der Waals surface area contributed by atoms with E-state index >= 15 is 0 Å². The molecule has 1 unspecified atom stereocenters. The Balaban J connectivity index is 1.61. The number of benzene rings is 2. The van der Waals surface area contributed by atoms with Gasteiger partial charge in [0.15, 0.2) is 18.1 Å². The van der Waals surface area contributed by atoms with Gasteiger partial charge in [-0.2, -0.15) is 4.72 Å². The van der Waals surface area contributed by atoms with E-state index in [1.807, 2.05) is 0 Å². The number of nitro benzene ring substituents is 1. The third-order valence-electron chi connectivity index (χ3n) is 4.73. The van der Waals surface area contributed by atoms with Crippen molar-refractivity contribution in [2.75, 3.05) is 25.1 Å². The lowest BCUT2D eigenvalue weighted by atomic mass is 10.1. The zero-order valence-corrected chi connectivity index (χ0v) is 19.2. The minimum absolute atomic E-state index is 0.119. The molecule has 2 aromatic rings. The lowest BCUT2D eigenvalue weighted by Crippen LogP contribution is -2.45. The van der Waals surface area contributed by atoms with Crippen molar-refractivity contribution in [3.05, 3.63) is 52.6 Å². The van der Waals surface area contributed by atoms with E-state index in [2.05, 4.69) is 10.0 Å². The average molecular weight is 493 g/mol. The van der Waals surface area contributed by atoms with Crippen LogP contribution in [0.2, 0.25) is 0 Å². The fourth-order valence-corrected chi connectivity index (χ4v) is 4.32. The summed E-state index contributed by atoms with van der Waals surface area (Å²) in [6.45, 7) is 3.21. The van der Waals surface area contributed by atoms with Gasteiger partial charge in [0.25, 0.3) is 11.6 Å². The predicted molar refractivity (Wildman–Crippen MR) is 119 cm³/mol. The molecule has 2 N–H and O–H groups in total. The van der Waals surface area contributed by atoms with Gasteiger partial charge >= 0.3 is 5.97 Å². The molecule has 0 saturated carbocycles. The summed E-state index contributed by atoms with van der Waals surface area (Å²) in [4.78, 5) is 34.6. The Morgan fingerprint density at radius 3 is 2.35 bits per heavy atom. The van der Waals surface area contributed by atoms with Crippen molar-refractivity contribution in [3.8, 4) is 11.5 Å². The van der Waals surface area contributed by atoms with Crippen molar-refractivity contribution in [1.82, 2.24) is 4.72 Å². The molecule has 1 aliphatic heterocycles. The highest BCUT2D eigenvalue weighted by atomic mass is 32.2. The summed E-state index contributed by atoms with van der Waals surface area (Å²) in [5.41, 5.74) is 0.126. The Morgan fingerprint density at radius 1 is 1.09 bits per heavy atom. The highest BCUT2D eigenvalue weighted by Crippen LogP contribution is 2.32. The quantitative estimate of drug-likeness (QED) is 0.301. The number of nitrogens with zero attached hydrogens (tertiary/aromatic N) is 1. The Kier molecular flexibility index (Phi) is 7.68. The Hall–Kier alpha value is -3.71. The van der Waals surface area contributed by atoms with Crippen molar-refractivity contribution < 1.29 is 37.1 Å². The maximum Gasteiger partial charge on any atom is 0.324 e. The fourth-order valence-electron chi connectivity index (χ4n) is 2.97. The first-order valence-electron chi connectivity index (χ1n) is 10.2. The largest absolute Gasteiger partial charge is 0.486 e. The van der Waals surface area contributed by atoms with Gasteiger partial charge in [0.05, 0.1) is 9.82 Å². The molecule has 0 aromatic heterocycles. The fraction of sp³-hybridized carbons (Fsp3) is 0.333. The van der Waals surface area contributed by atoms with Crippen molar-refractivity contribution in [3.63, 3.8) is 0 Å². The van der Waals surface area contributed by atoms with E-state index in [9.17, 15) is 28.1 Å². The van der Waals surface area contributed by atoms with E-state index in [1.54, 1.807) is 13.8 Å². The van der Waals surface area contributed by atoms with Crippen LogP contribution in [-0.2, 0) is 24.3 Å². The number of esters is 1. The zero-order valence-electron chi connectivity index (χ0n) is 18.3. The van der Waals surface area contributed by atoms with E-state index in [0.717, 1.165) is 0 Å². The summed E-state index contributed by atoms with van der Waals surface area (Å²) in [6, 6.07) is 7.92. The van der Waals surface area contributed by atoms with Crippen LogP contribution in [0.4, 0.5) is 11.4 Å². The summed E-state index contributed by atoms with van der Waals surface area (Å²) < 4.78 is 43.8. The second kappa shape index (κ2) is 10.5. The number of hydrogen-bond donors (Lipinski definition) is 2. The molecule has 0 aliphatic carbocycles. The number of carbonyl (C=O) groups excluding carboxylic acids is 2. The van der Waals surface area contributed by atoms with Gasteiger partial charge < -0.3 is 19.5 Å². The van der Waals surface area contributed by atoms with Crippen LogP contribution in [0, 0.1) is 16.0 Å². The van der Waals surface area contributed by atoms with Crippen LogP contribution in [0.25, 0.3) is 0 Å². The van der Waals surface area contributed by atoms with Crippen LogP contribution in [0.1, 0.15) is 13.8 Å². The van der Waals surface area contributed by atoms with E-state index in [4.69, 9.17) is 14.2 Å². The van der Waals surface area contributed by atoms with Crippen molar-refractivity contribution in [1.29, 1.82) is 0 Å². The standard InChI is InChI=1S/C21H23N3O9S/c1-13(2)20(23-34(29,30)16-7-8-17-18(11-16)32-10-9-31-17)21(26)33-12-19(25)22-14-3-5-15(6-4-14)24(27)28/h3-8,11,13,20,23H,9-10,12H2,1-2H3,(H,22,25). The minimum Gasteiger partial charge on any atom is -0.486 e. The third kappa shape index (κ3) is 6.20. The average Bonchev–Trinajstić information content (AvgIpc) is 2.81. The number of nitro groups is 1. The number of carbonyl (C=O) groups is 2. The third-order valence-corrected chi connectivity index (χ3v) is 6.17. The Bertz CT molecular complexity index is 1180. The number of fused-ring (bicyclic) bond motifs is 1. The van der Waals surface area contributed by atoms with Crippen molar-refractivity contribution in [2.24, 2.45) is 5.92 Å². The number of non-ortho nitro benzene ring substituents is 1. The second-order valence-electron chi connectivity index (χ2n) is 7.61. The van der Waals surface area contributed by atoms with Gasteiger partial charge in [0.2, 0.25) is 10.0 Å². The summed E-state index contributed by atoms with van der Waals surface area (Å²) in [5, 5.41) is 13.1. The van der Waals surface area contributed by atoms with Crippen LogP contribution < -0.4 is 19.5 Å². The molecule has 0 bridgehead atoms. The molecule has 12 nitrogen and oxygen atoms in total. The number of ether oxygens (including phenoxy) is 3. The molecule has 1 atom stereocenters. The van der Waals surface area contributed by atoms with E-state index < -0.39 is 45.4 Å². The van der Waals surface area contributed by atoms with Gasteiger partial charge in [-0.15, -0.1) is 0 Å². The van der Waals surface area contributed by atoms with Gasteiger partial charge in [0, 0.05) is 23.9 Å². The van der Waals surface area contributed by atoms with Crippen LogP contribution >= 0.6 is 0 Å². The SMILES string of the molecule is CC(C)C(NS(=O)(=O)c1ccc2c(c1)OCCO2)C(=O)OCC(=O)Nc1ccc([N+](=O)[O-])cc1. The predicted octanol–water partition coefficient (Wildman–Crippen LogP) is 1.85. The van der Waals surface area contributed by atoms with Crippen LogP contribution in [0.15, 0.2) is 47.4 Å². The Morgan fingerprint density at radius 2 is 1.74 bits per heavy atom. The number of hydrogen-bond acceptors (Lipinski definition) is 9. The summed E-state index contributed by atoms with van der Waals surface area (Å²) in [6.07, 6.45) is 0. The second-order valence-corrected chi connectivity index (χ2v) is 9.32. The van der Waals surface area contributed by atoms with E-state index in [0.29, 0.717) is 12.4 Å². The topological polar surface area (TPSA) is 163 Å². The number of anilines is 1. The summed E-state index contributed by atoms with van der Waals surface area (Å²) >= 11 is 0. The maximum atomic E-state index is 12.8. The van der Waals surface area contributed by atoms with Crippen LogP contribution in [0.5, 0.6) is 11.5 Å². The minimum atomic E-state index is -4.12. The van der Waals surface area contributed by atoms with Gasteiger partial charge in [-0.1, -0.05) is 13.8 Å². The molecule has 3 rings (SSSR count). The molecule has 0 fully saturated rings. The number of nitrogens with one attached hydrogen (secondary N) is 2. The molecule has 1 amide bonds. The first-order valence-corrected chi connectivity index (χ1v) is 11.7. The molecule has 1 heterocycles. The highest BCUT2D eigenvalue weighted by Gasteiger charge is 2.31. The first kappa shape index (κ1) is 24.9. The summed E-state index contributed by atoms with van der Waals surface area (Å²) in [5.74, 6) is -1.42. The lowest BCUT2D eigenvalue weighted by Gasteiger charge is -2.22. The van der Waals surface area contributed by atoms with E-state index in [-0.39, 0.29) is 28.6 Å².